The average molecular weight is 681 g/mol. The van der Waals surface area contributed by atoms with Crippen molar-refractivity contribution in [2.45, 2.75) is 24.4 Å². The van der Waals surface area contributed by atoms with E-state index in [2.05, 4.69) is 4.98 Å². The van der Waals surface area contributed by atoms with Gasteiger partial charge in [-0.1, -0.05) is 0 Å². The Morgan fingerprint density at radius 2 is 1.74 bits per heavy atom. The zero-order valence-corrected chi connectivity index (χ0v) is 21.9. The van der Waals surface area contributed by atoms with Crippen molar-refractivity contribution in [2.24, 2.45) is 0 Å². The van der Waals surface area contributed by atoms with Crippen LogP contribution in [0.1, 0.15) is 16.6 Å². The van der Waals surface area contributed by atoms with Crippen LogP contribution in [0.5, 0.6) is 0 Å². The molecule has 9 nitrogen and oxygen atoms in total. The summed E-state index contributed by atoms with van der Waals surface area (Å²) in [7, 11) is 0. The van der Waals surface area contributed by atoms with Crippen LogP contribution in [0.2, 0.25) is 0 Å². The van der Waals surface area contributed by atoms with Crippen LogP contribution < -0.4 is 14.7 Å². The second-order valence-electron chi connectivity index (χ2n) is 7.53. The second-order valence-corrected chi connectivity index (χ2v) is 12.3. The summed E-state index contributed by atoms with van der Waals surface area (Å²) in [6.45, 7) is -0.631. The maximum atomic E-state index is 15.5. The summed E-state index contributed by atoms with van der Waals surface area (Å²) in [6.07, 6.45) is -4.76. The monoisotopic (exact) mass is 681 g/mol. The third kappa shape index (κ3) is 5.71. The molecule has 0 aliphatic carbocycles. The summed E-state index contributed by atoms with van der Waals surface area (Å²) >= 11 is -2.29. The van der Waals surface area contributed by atoms with E-state index in [0.717, 1.165) is 15.5 Å². The van der Waals surface area contributed by atoms with Crippen molar-refractivity contribution in [2.75, 3.05) is 12.3 Å². The molecule has 12 heteroatoms. The molecule has 0 bridgehead atoms. The zero-order chi connectivity index (χ0) is 25.0. The molecule has 0 spiro atoms. The van der Waals surface area contributed by atoms with E-state index in [0.29, 0.717) is 4.57 Å². The Kier molecular flexibility index (Phi) is 7.52. The van der Waals surface area contributed by atoms with E-state index in [1.165, 1.54) is 12.1 Å². The Hall–Kier alpha value is -3.24. The van der Waals surface area contributed by atoms with E-state index in [1.807, 2.05) is 0 Å². The minimum atomic E-state index is -3.83. The molecule has 2 aromatic carbocycles. The van der Waals surface area contributed by atoms with Gasteiger partial charge in [0.15, 0.2) is 0 Å². The van der Waals surface area contributed by atoms with Crippen LogP contribution in [0.15, 0.2) is 77.7 Å². The van der Waals surface area contributed by atoms with Gasteiger partial charge in [-0.25, -0.2) is 0 Å². The molecule has 1 fully saturated rings. The number of esters is 1. The van der Waals surface area contributed by atoms with E-state index in [4.69, 9.17) is 19.9 Å². The number of carbonyl (C=O) groups excluding carboxylic acids is 2. The summed E-state index contributed by atoms with van der Waals surface area (Å²) < 4.78 is 47.4. The molecule has 1 aliphatic rings. The molecule has 2 heterocycles. The van der Waals surface area contributed by atoms with Gasteiger partial charge in [-0.15, -0.1) is 0 Å². The number of halogens is 2. The molecule has 2 N–H and O–H groups in total. The molecule has 1 aromatic heterocycles. The van der Waals surface area contributed by atoms with Crippen molar-refractivity contribution in [1.29, 1.82) is 0 Å². The fraction of sp³-hybridized carbons (Fsp3) is 0.217. The van der Waals surface area contributed by atoms with Crippen LogP contribution >= 0.6 is 0 Å². The number of hydrogen-bond donors (Lipinski definition) is 1. The quantitative estimate of drug-likeness (QED) is 0.294. The van der Waals surface area contributed by atoms with Crippen LogP contribution in [0, 0.1) is 0 Å². The van der Waals surface area contributed by atoms with Crippen molar-refractivity contribution in [3.63, 3.8) is 0 Å². The number of alkyl halides is 2. The van der Waals surface area contributed by atoms with Crippen molar-refractivity contribution >= 4 is 42.0 Å². The van der Waals surface area contributed by atoms with Gasteiger partial charge in [0.25, 0.3) is 0 Å². The summed E-state index contributed by atoms with van der Waals surface area (Å²) in [5, 5.41) is 0. The predicted molar refractivity (Wildman–Crippen MR) is 122 cm³/mol. The number of benzene rings is 2. The first-order chi connectivity index (χ1) is 16.8. The third-order valence-electron chi connectivity index (χ3n) is 5.10. The maximum absolute atomic E-state index is 15.5. The van der Waals surface area contributed by atoms with Crippen molar-refractivity contribution < 1.29 is 32.6 Å². The van der Waals surface area contributed by atoms with Crippen LogP contribution in [0.3, 0.4) is 0 Å². The molecule has 4 rings (SSSR count). The molecule has 3 atom stereocenters. The Morgan fingerprint density at radius 1 is 1.09 bits per heavy atom. The van der Waals surface area contributed by atoms with Gasteiger partial charge in [0.05, 0.1) is 0 Å². The van der Waals surface area contributed by atoms with Gasteiger partial charge in [-0.3, -0.25) is 0 Å². The van der Waals surface area contributed by atoms with Gasteiger partial charge in [0.1, 0.15) is 0 Å². The zero-order valence-electron chi connectivity index (χ0n) is 18.0. The normalized spacial score (nSPS) is 20.8. The van der Waals surface area contributed by atoms with E-state index >= 15 is 8.78 Å². The number of hydrogen-bond acceptors (Lipinski definition) is 8. The number of rotatable bonds is 7. The van der Waals surface area contributed by atoms with Gasteiger partial charge in [-0.2, -0.15) is 0 Å². The number of ether oxygens (including phenoxy) is 3. The van der Waals surface area contributed by atoms with Crippen molar-refractivity contribution in [3.8, 4) is 0 Å². The number of nitrogen functional groups attached to an aromatic ring is 1. The molecule has 1 saturated heterocycles. The van der Waals surface area contributed by atoms with Gasteiger partial charge in [-0.05, 0) is 0 Å². The molecule has 1 unspecified atom stereocenters. The fourth-order valence-corrected chi connectivity index (χ4v) is 6.49. The Balaban J connectivity index is 1.57. The van der Waals surface area contributed by atoms with Crippen LogP contribution in [0.4, 0.5) is 19.4 Å². The van der Waals surface area contributed by atoms with Crippen LogP contribution in [-0.4, -0.2) is 67.2 Å². The Morgan fingerprint density at radius 3 is 2.40 bits per heavy atom. The fourth-order valence-electron chi connectivity index (χ4n) is 3.45. The summed E-state index contributed by atoms with van der Waals surface area (Å²) in [6, 6.07) is 17.8. The number of nitrogens with zero attached hydrogens (tertiary/aromatic N) is 2. The van der Waals surface area contributed by atoms with Gasteiger partial charge in [0, 0.05) is 0 Å². The van der Waals surface area contributed by atoms with Crippen molar-refractivity contribution in [3.05, 3.63) is 89.0 Å². The predicted octanol–water partition coefficient (Wildman–Crippen LogP) is 1.48. The molecule has 3 aromatic rings. The first-order valence-corrected chi connectivity index (χ1v) is 14.3. The molecule has 0 radical (unpaired) electrons. The van der Waals surface area contributed by atoms with Crippen molar-refractivity contribution in [1.82, 2.24) is 9.55 Å². The Labute approximate surface area is 209 Å². The first kappa shape index (κ1) is 24.9. The van der Waals surface area contributed by atoms with Crippen LogP contribution in [-0.2, 0) is 14.2 Å². The molecule has 182 valence electrons. The summed E-state index contributed by atoms with van der Waals surface area (Å²) in [4.78, 5) is 40.6. The third-order valence-corrected chi connectivity index (χ3v) is 8.77. The van der Waals surface area contributed by atoms with E-state index in [1.54, 1.807) is 48.5 Å². The Bertz CT molecular complexity index is 1260. The van der Waals surface area contributed by atoms with E-state index in [9.17, 15) is 14.4 Å². The van der Waals surface area contributed by atoms with Gasteiger partial charge in [0.2, 0.25) is 0 Å². The molecule has 35 heavy (non-hydrogen) atoms. The second kappa shape index (κ2) is 10.6. The van der Waals surface area contributed by atoms with Gasteiger partial charge >= 0.3 is 210 Å². The van der Waals surface area contributed by atoms with Gasteiger partial charge < -0.3 is 0 Å². The molecule has 1 aliphatic heterocycles. The summed E-state index contributed by atoms with van der Waals surface area (Å²) in [5.41, 5.74) is 4.59. The standard InChI is InChI=1S/C17H14F2N3O6.C6H5.Bi.H/c18-17(19)13(27-9-23)11(8-26-14(24)10-4-2-1-3-5-10)28-15(17)22-7-6-12(20)21-16(22)25;1-2-4-6-5-3-1;;/h1-7,11,13,15H,8H2,(H2,20,21,25);1-5H;;/t11-,13?,15-;;;/m1.../s1. The summed E-state index contributed by atoms with van der Waals surface area (Å²) in [5.74, 6) is -4.75. The number of anilines is 1. The minimum absolute atomic E-state index is 0.153. The number of carbonyl (C=O) groups is 2. The van der Waals surface area contributed by atoms with Crippen LogP contribution in [0.25, 0.3) is 0 Å². The SMILES string of the molecule is Nc1ccn([C@@H]2O[C@H](COC(=O)c3ccccc3)C(O[C](=O)[BiH][c]3ccccc3)C2(F)F)c(=O)n1. The number of aromatic nitrogens is 2. The topological polar surface area (TPSA) is 123 Å². The van der Waals surface area contributed by atoms with E-state index in [-0.39, 0.29) is 11.4 Å². The molecule has 0 amide bonds. The average Bonchev–Trinajstić information content (AvgIpc) is 3.08. The van der Waals surface area contributed by atoms with E-state index < -0.39 is 69.5 Å². The molecular formula is C23H20BiF2N3O6. The molecular weight excluding hydrogens is 661 g/mol. The number of nitrogens with two attached hydrogens (primary N) is 1. The first-order valence-electron chi connectivity index (χ1n) is 10.4. The molecule has 0 saturated carbocycles.